The Labute approximate surface area is 123 Å². The molecule has 114 valence electrons. The minimum atomic E-state index is 0.681. The van der Waals surface area contributed by atoms with Crippen LogP contribution in [0.2, 0.25) is 0 Å². The molecule has 0 spiro atoms. The summed E-state index contributed by atoms with van der Waals surface area (Å²) >= 11 is 0. The molecule has 1 aliphatic rings. The van der Waals surface area contributed by atoms with Crippen molar-refractivity contribution in [2.45, 2.75) is 47.2 Å². The van der Waals surface area contributed by atoms with Gasteiger partial charge in [0.05, 0.1) is 13.1 Å². The molecule has 0 amide bonds. The van der Waals surface area contributed by atoms with Gasteiger partial charge in [-0.05, 0) is 42.9 Å². The van der Waals surface area contributed by atoms with Crippen LogP contribution in [0.4, 0.5) is 0 Å². The molecule has 1 aromatic heterocycles. The van der Waals surface area contributed by atoms with Crippen molar-refractivity contribution in [3.05, 3.63) is 23.7 Å². The summed E-state index contributed by atoms with van der Waals surface area (Å²) in [6.45, 7) is 14.4. The Morgan fingerprint density at radius 3 is 2.50 bits per heavy atom. The van der Waals surface area contributed by atoms with Crippen molar-refractivity contribution >= 4 is 0 Å². The lowest BCUT2D eigenvalue weighted by atomic mass is 9.92. The summed E-state index contributed by atoms with van der Waals surface area (Å²) < 4.78 is 5.93. The summed E-state index contributed by atoms with van der Waals surface area (Å²) in [6.07, 6.45) is 1.36. The van der Waals surface area contributed by atoms with Gasteiger partial charge in [0.25, 0.3) is 0 Å². The molecule has 0 radical (unpaired) electrons. The van der Waals surface area contributed by atoms with Crippen molar-refractivity contribution in [2.75, 3.05) is 19.6 Å². The van der Waals surface area contributed by atoms with Crippen molar-refractivity contribution in [1.82, 2.24) is 10.2 Å². The fourth-order valence-electron chi connectivity index (χ4n) is 3.23. The SMILES string of the molecule is CC(C)CNCc1ccc(CN2CC(C)CC(C)C2)o1. The number of likely N-dealkylation sites (tertiary alicyclic amines) is 1. The van der Waals surface area contributed by atoms with E-state index in [9.17, 15) is 0 Å². The van der Waals surface area contributed by atoms with E-state index in [1.165, 1.54) is 19.5 Å². The Bertz CT molecular complexity index is 389. The molecule has 0 aromatic carbocycles. The minimum absolute atomic E-state index is 0.681. The first-order valence-electron chi connectivity index (χ1n) is 8.03. The van der Waals surface area contributed by atoms with Gasteiger partial charge in [0.2, 0.25) is 0 Å². The van der Waals surface area contributed by atoms with Crippen LogP contribution in [0.5, 0.6) is 0 Å². The van der Waals surface area contributed by atoms with Gasteiger partial charge in [0.15, 0.2) is 0 Å². The first kappa shape index (κ1) is 15.6. The summed E-state index contributed by atoms with van der Waals surface area (Å²) in [5, 5.41) is 3.42. The molecular weight excluding hydrogens is 248 g/mol. The fourth-order valence-corrected chi connectivity index (χ4v) is 3.23. The Morgan fingerprint density at radius 2 is 1.85 bits per heavy atom. The molecule has 2 rings (SSSR count). The van der Waals surface area contributed by atoms with Gasteiger partial charge in [0, 0.05) is 13.1 Å². The quantitative estimate of drug-likeness (QED) is 0.863. The van der Waals surface area contributed by atoms with Gasteiger partial charge in [0.1, 0.15) is 11.5 Å². The van der Waals surface area contributed by atoms with Crippen LogP contribution >= 0.6 is 0 Å². The molecule has 2 unspecified atom stereocenters. The molecule has 3 nitrogen and oxygen atoms in total. The average molecular weight is 278 g/mol. The van der Waals surface area contributed by atoms with E-state index in [2.05, 4.69) is 50.0 Å². The fraction of sp³-hybridized carbons (Fsp3) is 0.765. The second kappa shape index (κ2) is 7.28. The summed E-state index contributed by atoms with van der Waals surface area (Å²) in [5.41, 5.74) is 0. The third-order valence-corrected chi connectivity index (χ3v) is 3.89. The highest BCUT2D eigenvalue weighted by molar-refractivity contribution is 5.07. The average Bonchev–Trinajstić information content (AvgIpc) is 2.74. The molecule has 1 fully saturated rings. The predicted molar refractivity (Wildman–Crippen MR) is 83.5 cm³/mol. The van der Waals surface area contributed by atoms with Crippen molar-refractivity contribution in [3.63, 3.8) is 0 Å². The first-order valence-corrected chi connectivity index (χ1v) is 8.03. The molecule has 0 aliphatic carbocycles. The maximum absolute atomic E-state index is 5.93. The number of hydrogen-bond donors (Lipinski definition) is 1. The lowest BCUT2D eigenvalue weighted by Crippen LogP contribution is -2.37. The Hall–Kier alpha value is -0.800. The summed E-state index contributed by atoms with van der Waals surface area (Å²) in [6, 6.07) is 4.25. The zero-order valence-electron chi connectivity index (χ0n) is 13.5. The molecule has 2 atom stereocenters. The Morgan fingerprint density at radius 1 is 1.20 bits per heavy atom. The first-order chi connectivity index (χ1) is 9.52. The van der Waals surface area contributed by atoms with Gasteiger partial charge >= 0.3 is 0 Å². The van der Waals surface area contributed by atoms with Crippen LogP contribution in [0.15, 0.2) is 16.5 Å². The van der Waals surface area contributed by atoms with Crippen LogP contribution in [0.3, 0.4) is 0 Å². The number of rotatable bonds is 6. The van der Waals surface area contributed by atoms with Gasteiger partial charge in [-0.15, -0.1) is 0 Å². The predicted octanol–water partition coefficient (Wildman–Crippen LogP) is 3.50. The summed E-state index contributed by atoms with van der Waals surface area (Å²) in [7, 11) is 0. The van der Waals surface area contributed by atoms with Crippen LogP contribution in [0.25, 0.3) is 0 Å². The normalized spacial score (nSPS) is 24.4. The highest BCUT2D eigenvalue weighted by atomic mass is 16.3. The van der Waals surface area contributed by atoms with Crippen LogP contribution in [-0.4, -0.2) is 24.5 Å². The zero-order valence-corrected chi connectivity index (χ0v) is 13.5. The van der Waals surface area contributed by atoms with Crippen LogP contribution < -0.4 is 5.32 Å². The summed E-state index contributed by atoms with van der Waals surface area (Å²) in [4.78, 5) is 2.53. The van der Waals surface area contributed by atoms with E-state index in [1.54, 1.807) is 0 Å². The maximum Gasteiger partial charge on any atom is 0.118 e. The second-order valence-corrected chi connectivity index (χ2v) is 7.03. The van der Waals surface area contributed by atoms with Gasteiger partial charge in [-0.25, -0.2) is 0 Å². The van der Waals surface area contributed by atoms with Crippen LogP contribution in [0.1, 0.15) is 45.6 Å². The van der Waals surface area contributed by atoms with Crippen molar-refractivity contribution in [2.24, 2.45) is 17.8 Å². The van der Waals surface area contributed by atoms with E-state index in [-0.39, 0.29) is 0 Å². The van der Waals surface area contributed by atoms with E-state index < -0.39 is 0 Å². The number of nitrogens with zero attached hydrogens (tertiary/aromatic N) is 1. The summed E-state index contributed by atoms with van der Waals surface area (Å²) in [5.74, 6) is 4.45. The smallest absolute Gasteiger partial charge is 0.118 e. The highest BCUT2D eigenvalue weighted by Crippen LogP contribution is 2.23. The van der Waals surface area contributed by atoms with Gasteiger partial charge in [-0.3, -0.25) is 4.90 Å². The molecule has 20 heavy (non-hydrogen) atoms. The van der Waals surface area contributed by atoms with E-state index in [0.717, 1.165) is 43.0 Å². The Balaban J connectivity index is 1.80. The lowest BCUT2D eigenvalue weighted by molar-refractivity contribution is 0.125. The van der Waals surface area contributed by atoms with Gasteiger partial charge < -0.3 is 9.73 Å². The molecule has 2 heterocycles. The van der Waals surface area contributed by atoms with Crippen LogP contribution in [0, 0.1) is 17.8 Å². The molecule has 0 saturated carbocycles. The number of hydrogen-bond acceptors (Lipinski definition) is 3. The lowest BCUT2D eigenvalue weighted by Gasteiger charge is -2.34. The van der Waals surface area contributed by atoms with E-state index >= 15 is 0 Å². The Kier molecular flexibility index (Phi) is 5.67. The number of piperidine rings is 1. The van der Waals surface area contributed by atoms with Gasteiger partial charge in [-0.2, -0.15) is 0 Å². The van der Waals surface area contributed by atoms with Crippen LogP contribution in [-0.2, 0) is 13.1 Å². The number of furan rings is 1. The van der Waals surface area contributed by atoms with E-state index in [4.69, 9.17) is 4.42 Å². The molecule has 0 bridgehead atoms. The van der Waals surface area contributed by atoms with E-state index in [0.29, 0.717) is 5.92 Å². The standard InChI is InChI=1S/C17H30N2O/c1-13(2)8-18-9-16-5-6-17(20-16)12-19-10-14(3)7-15(4)11-19/h5-6,13-15,18H,7-12H2,1-4H3. The highest BCUT2D eigenvalue weighted by Gasteiger charge is 2.22. The molecule has 1 saturated heterocycles. The maximum atomic E-state index is 5.93. The zero-order chi connectivity index (χ0) is 14.5. The largest absolute Gasteiger partial charge is 0.463 e. The second-order valence-electron chi connectivity index (χ2n) is 7.03. The number of nitrogens with one attached hydrogen (secondary N) is 1. The monoisotopic (exact) mass is 278 g/mol. The van der Waals surface area contributed by atoms with Crippen molar-refractivity contribution in [3.8, 4) is 0 Å². The third kappa shape index (κ3) is 4.95. The third-order valence-electron chi connectivity index (χ3n) is 3.89. The molecule has 3 heteroatoms. The topological polar surface area (TPSA) is 28.4 Å². The van der Waals surface area contributed by atoms with Crippen molar-refractivity contribution in [1.29, 1.82) is 0 Å². The molecule has 1 N–H and O–H groups in total. The molecular formula is C17H30N2O. The van der Waals surface area contributed by atoms with Gasteiger partial charge in [-0.1, -0.05) is 27.7 Å². The minimum Gasteiger partial charge on any atom is -0.463 e. The van der Waals surface area contributed by atoms with Crippen molar-refractivity contribution < 1.29 is 4.42 Å². The molecule has 1 aromatic rings. The molecule has 1 aliphatic heterocycles. The van der Waals surface area contributed by atoms with E-state index in [1.807, 2.05) is 0 Å².